The second-order valence-corrected chi connectivity index (χ2v) is 3.91. The summed E-state index contributed by atoms with van der Waals surface area (Å²) in [5.74, 6) is 0. The lowest BCUT2D eigenvalue weighted by molar-refractivity contribution is 1.46. The zero-order valence-corrected chi connectivity index (χ0v) is 9.35. The number of hydrogen-bond donors (Lipinski definition) is 1. The van der Waals surface area contributed by atoms with Gasteiger partial charge in [0.2, 0.25) is 0 Å². The van der Waals surface area contributed by atoms with Crippen molar-refractivity contribution >= 4 is 17.8 Å². The summed E-state index contributed by atoms with van der Waals surface area (Å²) in [7, 11) is 0. The van der Waals surface area contributed by atoms with Crippen LogP contribution < -0.4 is 5.73 Å². The Morgan fingerprint density at radius 1 is 0.875 bits per heavy atom. The van der Waals surface area contributed by atoms with Crippen molar-refractivity contribution in [2.45, 2.75) is 6.92 Å². The number of rotatable bonds is 2. The second kappa shape index (κ2) is 4.67. The first kappa shape index (κ1) is 10.5. The predicted molar refractivity (Wildman–Crippen MR) is 71.0 cm³/mol. The molecule has 0 bridgehead atoms. The maximum atomic E-state index is 5.71. The summed E-state index contributed by atoms with van der Waals surface area (Å²) in [6.45, 7) is 2.09. The molecule has 1 heteroatoms. The van der Waals surface area contributed by atoms with Crippen LogP contribution in [0.1, 0.15) is 16.7 Å². The molecule has 80 valence electrons. The van der Waals surface area contributed by atoms with E-state index in [0.29, 0.717) is 0 Å². The molecule has 0 fully saturated rings. The van der Waals surface area contributed by atoms with Crippen molar-refractivity contribution in [3.63, 3.8) is 0 Å². The Kier molecular flexibility index (Phi) is 3.06. The number of aryl methyl sites for hydroxylation is 1. The van der Waals surface area contributed by atoms with E-state index in [4.69, 9.17) is 5.73 Å². The molecule has 0 aliphatic rings. The van der Waals surface area contributed by atoms with Crippen LogP contribution in [0.15, 0.2) is 48.5 Å². The third-order valence-corrected chi connectivity index (χ3v) is 2.46. The monoisotopic (exact) mass is 209 g/mol. The van der Waals surface area contributed by atoms with Gasteiger partial charge in [-0.05, 0) is 30.2 Å². The highest BCUT2D eigenvalue weighted by Gasteiger charge is 1.89. The highest BCUT2D eigenvalue weighted by atomic mass is 14.5. The summed E-state index contributed by atoms with van der Waals surface area (Å²) >= 11 is 0. The Bertz CT molecular complexity index is 495. The molecular weight excluding hydrogens is 194 g/mol. The molecule has 0 aliphatic carbocycles. The first-order valence-electron chi connectivity index (χ1n) is 5.34. The molecule has 0 spiro atoms. The van der Waals surface area contributed by atoms with E-state index >= 15 is 0 Å². The summed E-state index contributed by atoms with van der Waals surface area (Å²) in [6, 6.07) is 16.3. The minimum absolute atomic E-state index is 0.797. The first-order valence-corrected chi connectivity index (χ1v) is 5.34. The van der Waals surface area contributed by atoms with Crippen molar-refractivity contribution in [3.05, 3.63) is 65.2 Å². The minimum Gasteiger partial charge on any atom is -0.399 e. The van der Waals surface area contributed by atoms with E-state index in [1.807, 2.05) is 24.3 Å². The van der Waals surface area contributed by atoms with Crippen LogP contribution in [0.25, 0.3) is 12.2 Å². The maximum absolute atomic E-state index is 5.71. The van der Waals surface area contributed by atoms with Crippen molar-refractivity contribution in [3.8, 4) is 0 Å². The van der Waals surface area contributed by atoms with Crippen molar-refractivity contribution in [1.82, 2.24) is 0 Å². The van der Waals surface area contributed by atoms with Crippen LogP contribution in [0.2, 0.25) is 0 Å². The van der Waals surface area contributed by atoms with Crippen LogP contribution in [-0.2, 0) is 0 Å². The molecular formula is C15H15N. The van der Waals surface area contributed by atoms with Gasteiger partial charge in [0.25, 0.3) is 0 Å². The van der Waals surface area contributed by atoms with Gasteiger partial charge >= 0.3 is 0 Å². The van der Waals surface area contributed by atoms with E-state index in [-0.39, 0.29) is 0 Å². The number of hydrogen-bond acceptors (Lipinski definition) is 1. The standard InChI is InChI=1S/C15H15N/c1-12-5-7-13(8-6-12)9-10-14-3-2-4-15(16)11-14/h2-11H,16H2,1H3/b10-9+. The molecule has 2 N–H and O–H groups in total. The van der Waals surface area contributed by atoms with Crippen LogP contribution >= 0.6 is 0 Å². The molecule has 2 rings (SSSR count). The fraction of sp³-hybridized carbons (Fsp3) is 0.0667. The van der Waals surface area contributed by atoms with Gasteiger partial charge in [-0.2, -0.15) is 0 Å². The molecule has 0 aromatic heterocycles. The fourth-order valence-corrected chi connectivity index (χ4v) is 1.53. The number of nitrogens with two attached hydrogens (primary N) is 1. The van der Waals surface area contributed by atoms with E-state index in [1.165, 1.54) is 11.1 Å². The maximum Gasteiger partial charge on any atom is 0.0319 e. The van der Waals surface area contributed by atoms with Gasteiger partial charge in [0.05, 0.1) is 0 Å². The van der Waals surface area contributed by atoms with Crippen molar-refractivity contribution in [2.24, 2.45) is 0 Å². The van der Waals surface area contributed by atoms with Gasteiger partial charge in [0.15, 0.2) is 0 Å². The first-order chi connectivity index (χ1) is 7.74. The molecule has 0 heterocycles. The normalized spacial score (nSPS) is 10.8. The van der Waals surface area contributed by atoms with Crippen molar-refractivity contribution < 1.29 is 0 Å². The number of benzene rings is 2. The van der Waals surface area contributed by atoms with Crippen molar-refractivity contribution in [1.29, 1.82) is 0 Å². The van der Waals surface area contributed by atoms with Gasteiger partial charge in [-0.1, -0.05) is 54.1 Å². The SMILES string of the molecule is Cc1ccc(/C=C/c2cccc(N)c2)cc1. The van der Waals surface area contributed by atoms with E-state index < -0.39 is 0 Å². The molecule has 0 saturated heterocycles. The highest BCUT2D eigenvalue weighted by molar-refractivity contribution is 5.71. The lowest BCUT2D eigenvalue weighted by Gasteiger charge is -1.97. The smallest absolute Gasteiger partial charge is 0.0319 e. The van der Waals surface area contributed by atoms with Crippen LogP contribution in [0.4, 0.5) is 5.69 Å². The largest absolute Gasteiger partial charge is 0.399 e. The fourth-order valence-electron chi connectivity index (χ4n) is 1.53. The van der Waals surface area contributed by atoms with Crippen LogP contribution in [0.3, 0.4) is 0 Å². The Morgan fingerprint density at radius 2 is 1.56 bits per heavy atom. The van der Waals surface area contributed by atoms with Gasteiger partial charge in [-0.25, -0.2) is 0 Å². The summed E-state index contributed by atoms with van der Waals surface area (Å²) in [4.78, 5) is 0. The predicted octanol–water partition coefficient (Wildman–Crippen LogP) is 3.75. The number of anilines is 1. The molecule has 0 unspecified atom stereocenters. The molecule has 2 aromatic carbocycles. The summed E-state index contributed by atoms with van der Waals surface area (Å²) in [5, 5.41) is 0. The van der Waals surface area contributed by atoms with E-state index in [1.54, 1.807) is 0 Å². The van der Waals surface area contributed by atoms with Gasteiger partial charge in [-0.15, -0.1) is 0 Å². The Hall–Kier alpha value is -2.02. The Morgan fingerprint density at radius 3 is 2.25 bits per heavy atom. The highest BCUT2D eigenvalue weighted by Crippen LogP contribution is 2.11. The lowest BCUT2D eigenvalue weighted by Crippen LogP contribution is -1.83. The van der Waals surface area contributed by atoms with Gasteiger partial charge in [-0.3, -0.25) is 0 Å². The molecule has 0 atom stereocenters. The number of nitrogen functional groups attached to an aromatic ring is 1. The topological polar surface area (TPSA) is 26.0 Å². The van der Waals surface area contributed by atoms with Gasteiger partial charge in [0, 0.05) is 5.69 Å². The minimum atomic E-state index is 0.797. The second-order valence-electron chi connectivity index (χ2n) is 3.91. The molecule has 0 amide bonds. The Labute approximate surface area is 96.2 Å². The lowest BCUT2D eigenvalue weighted by atomic mass is 10.1. The van der Waals surface area contributed by atoms with Crippen LogP contribution in [-0.4, -0.2) is 0 Å². The molecule has 2 aromatic rings. The van der Waals surface area contributed by atoms with E-state index in [0.717, 1.165) is 11.3 Å². The molecule has 1 nitrogen and oxygen atoms in total. The average molecular weight is 209 g/mol. The quantitative estimate of drug-likeness (QED) is 0.591. The summed E-state index contributed by atoms with van der Waals surface area (Å²) in [6.07, 6.45) is 4.16. The van der Waals surface area contributed by atoms with Crippen LogP contribution in [0, 0.1) is 6.92 Å². The van der Waals surface area contributed by atoms with Gasteiger partial charge in [0.1, 0.15) is 0 Å². The molecule has 0 radical (unpaired) electrons. The zero-order chi connectivity index (χ0) is 11.4. The van der Waals surface area contributed by atoms with Crippen molar-refractivity contribution in [2.75, 3.05) is 5.73 Å². The Balaban J connectivity index is 2.18. The van der Waals surface area contributed by atoms with E-state index in [9.17, 15) is 0 Å². The molecule has 0 saturated carbocycles. The average Bonchev–Trinajstić information content (AvgIpc) is 2.28. The summed E-state index contributed by atoms with van der Waals surface area (Å²) in [5.41, 5.74) is 10.1. The third kappa shape index (κ3) is 2.74. The van der Waals surface area contributed by atoms with Crippen LogP contribution in [0.5, 0.6) is 0 Å². The molecule has 16 heavy (non-hydrogen) atoms. The van der Waals surface area contributed by atoms with E-state index in [2.05, 4.69) is 43.3 Å². The summed E-state index contributed by atoms with van der Waals surface area (Å²) < 4.78 is 0. The third-order valence-electron chi connectivity index (χ3n) is 2.46. The zero-order valence-electron chi connectivity index (χ0n) is 9.35. The van der Waals surface area contributed by atoms with Gasteiger partial charge < -0.3 is 5.73 Å². The molecule has 0 aliphatic heterocycles.